The van der Waals surface area contributed by atoms with Gasteiger partial charge in [-0.05, 0) is 69.7 Å². The second-order valence-corrected chi connectivity index (χ2v) is 8.08. The second-order valence-electron chi connectivity index (χ2n) is 7.17. The molecule has 2 saturated heterocycles. The zero-order chi connectivity index (χ0) is 16.2. The third kappa shape index (κ3) is 4.68. The molecule has 1 atom stereocenters. The van der Waals surface area contributed by atoms with Crippen LogP contribution in [0.1, 0.15) is 31.4 Å². The normalized spacial score (nSPS) is 24.1. The quantitative estimate of drug-likeness (QED) is 0.869. The van der Waals surface area contributed by atoms with Gasteiger partial charge in [0.05, 0.1) is 0 Å². The Bertz CT molecular complexity index is 497. The lowest BCUT2D eigenvalue weighted by Gasteiger charge is -2.38. The molecule has 2 fully saturated rings. The minimum Gasteiger partial charge on any atom is -0.396 e. The van der Waals surface area contributed by atoms with Crippen molar-refractivity contribution in [2.45, 2.75) is 32.6 Å². The van der Waals surface area contributed by atoms with Gasteiger partial charge in [-0.3, -0.25) is 0 Å². The maximum absolute atomic E-state index is 9.27. The number of likely N-dealkylation sites (tertiary alicyclic amines) is 1. The van der Waals surface area contributed by atoms with E-state index in [1.54, 1.807) is 0 Å². The van der Waals surface area contributed by atoms with Crippen molar-refractivity contribution >= 4 is 21.7 Å². The molecule has 3 heterocycles. The van der Waals surface area contributed by atoms with Gasteiger partial charge in [0.1, 0.15) is 5.82 Å². The Kier molecular flexibility index (Phi) is 5.94. The summed E-state index contributed by atoms with van der Waals surface area (Å²) in [5.41, 5.74) is 1.07. The average Bonchev–Trinajstić information content (AvgIpc) is 2.55. The minimum absolute atomic E-state index is 0.360. The summed E-state index contributed by atoms with van der Waals surface area (Å²) < 4.78 is 1.12. The number of hydrogen-bond donors (Lipinski definition) is 1. The summed E-state index contributed by atoms with van der Waals surface area (Å²) >= 11 is 3.59. The molecular weight excluding hydrogens is 354 g/mol. The van der Waals surface area contributed by atoms with Gasteiger partial charge in [-0.2, -0.15) is 0 Å². The fourth-order valence-corrected chi connectivity index (χ4v) is 4.45. The van der Waals surface area contributed by atoms with Gasteiger partial charge in [0, 0.05) is 36.4 Å². The van der Waals surface area contributed by atoms with Crippen LogP contribution in [0.15, 0.2) is 16.6 Å². The lowest BCUT2D eigenvalue weighted by Crippen LogP contribution is -2.44. The maximum atomic E-state index is 9.27. The molecule has 1 N–H and O–H groups in total. The number of aliphatic hydroxyl groups is 1. The van der Waals surface area contributed by atoms with Crippen molar-refractivity contribution in [1.82, 2.24) is 9.88 Å². The number of piperidine rings is 2. The Balaban J connectivity index is 1.56. The molecule has 3 rings (SSSR count). The minimum atomic E-state index is 0.360. The van der Waals surface area contributed by atoms with Crippen molar-refractivity contribution in [2.24, 2.45) is 11.8 Å². The van der Waals surface area contributed by atoms with Crippen LogP contribution in [0.4, 0.5) is 5.82 Å². The Morgan fingerprint density at radius 2 is 1.96 bits per heavy atom. The van der Waals surface area contributed by atoms with E-state index in [2.05, 4.69) is 44.8 Å². The molecule has 0 bridgehead atoms. The Morgan fingerprint density at radius 3 is 2.65 bits per heavy atom. The van der Waals surface area contributed by atoms with E-state index < -0.39 is 0 Å². The highest BCUT2D eigenvalue weighted by molar-refractivity contribution is 9.10. The van der Waals surface area contributed by atoms with Gasteiger partial charge in [0.2, 0.25) is 0 Å². The van der Waals surface area contributed by atoms with Crippen molar-refractivity contribution in [1.29, 1.82) is 0 Å². The highest BCUT2D eigenvalue weighted by Gasteiger charge is 2.25. The molecule has 128 valence electrons. The standard InChI is InChI=1S/C18H28BrN3O/c1-14-9-17(19)10-18(20-14)22-6-2-3-16(12-22)11-21-7-4-15(13-23)5-8-21/h9-10,15-16,23H,2-8,11-13H2,1H3. The highest BCUT2D eigenvalue weighted by atomic mass is 79.9. The van der Waals surface area contributed by atoms with Crippen LogP contribution in [0.2, 0.25) is 0 Å². The molecule has 2 aliphatic heterocycles. The number of aromatic nitrogens is 1. The number of halogens is 1. The largest absolute Gasteiger partial charge is 0.396 e. The van der Waals surface area contributed by atoms with Crippen LogP contribution >= 0.6 is 15.9 Å². The van der Waals surface area contributed by atoms with Gasteiger partial charge in [0.25, 0.3) is 0 Å². The molecule has 2 aliphatic rings. The van der Waals surface area contributed by atoms with E-state index in [0.717, 1.165) is 60.9 Å². The molecule has 1 unspecified atom stereocenters. The van der Waals surface area contributed by atoms with Crippen LogP contribution in [0.5, 0.6) is 0 Å². The molecule has 23 heavy (non-hydrogen) atoms. The monoisotopic (exact) mass is 381 g/mol. The van der Waals surface area contributed by atoms with Gasteiger partial charge in [-0.1, -0.05) is 15.9 Å². The van der Waals surface area contributed by atoms with E-state index in [0.29, 0.717) is 12.5 Å². The van der Waals surface area contributed by atoms with Crippen molar-refractivity contribution < 1.29 is 5.11 Å². The van der Waals surface area contributed by atoms with Gasteiger partial charge in [0.15, 0.2) is 0 Å². The smallest absolute Gasteiger partial charge is 0.129 e. The summed E-state index contributed by atoms with van der Waals surface area (Å²) in [4.78, 5) is 9.76. The first kappa shape index (κ1) is 17.2. The topological polar surface area (TPSA) is 39.6 Å². The van der Waals surface area contributed by atoms with Crippen LogP contribution in [0, 0.1) is 18.8 Å². The second kappa shape index (κ2) is 7.95. The molecule has 1 aromatic heterocycles. The van der Waals surface area contributed by atoms with E-state index in [1.165, 1.54) is 19.4 Å². The number of aryl methyl sites for hydroxylation is 1. The molecule has 1 aromatic rings. The van der Waals surface area contributed by atoms with Crippen LogP contribution in [-0.2, 0) is 0 Å². The van der Waals surface area contributed by atoms with Crippen molar-refractivity contribution in [3.8, 4) is 0 Å². The zero-order valence-electron chi connectivity index (χ0n) is 14.0. The molecule has 0 saturated carbocycles. The van der Waals surface area contributed by atoms with Gasteiger partial charge in [-0.25, -0.2) is 4.98 Å². The fraction of sp³-hybridized carbons (Fsp3) is 0.722. The number of anilines is 1. The Morgan fingerprint density at radius 1 is 1.17 bits per heavy atom. The summed E-state index contributed by atoms with van der Waals surface area (Å²) in [6.45, 7) is 8.14. The number of rotatable bonds is 4. The zero-order valence-corrected chi connectivity index (χ0v) is 15.6. The van der Waals surface area contributed by atoms with E-state index in [-0.39, 0.29) is 0 Å². The first-order valence-electron chi connectivity index (χ1n) is 8.86. The highest BCUT2D eigenvalue weighted by Crippen LogP contribution is 2.26. The number of hydrogen-bond acceptors (Lipinski definition) is 4. The predicted octanol–water partition coefficient (Wildman–Crippen LogP) is 3.07. The third-order valence-electron chi connectivity index (χ3n) is 5.23. The molecule has 0 aliphatic carbocycles. The van der Waals surface area contributed by atoms with Crippen molar-refractivity contribution in [3.05, 3.63) is 22.3 Å². The predicted molar refractivity (Wildman–Crippen MR) is 97.9 cm³/mol. The van der Waals surface area contributed by atoms with E-state index in [4.69, 9.17) is 4.98 Å². The third-order valence-corrected chi connectivity index (χ3v) is 5.69. The molecule has 0 aromatic carbocycles. The molecule has 5 heteroatoms. The molecule has 0 spiro atoms. The fourth-order valence-electron chi connectivity index (χ4n) is 3.91. The molecule has 4 nitrogen and oxygen atoms in total. The molecule has 0 radical (unpaired) electrons. The first-order valence-corrected chi connectivity index (χ1v) is 9.65. The van der Waals surface area contributed by atoms with Crippen molar-refractivity contribution in [2.75, 3.05) is 44.2 Å². The van der Waals surface area contributed by atoms with E-state index in [9.17, 15) is 5.11 Å². The number of aliphatic hydroxyl groups excluding tert-OH is 1. The van der Waals surface area contributed by atoms with Crippen LogP contribution in [-0.4, -0.2) is 54.3 Å². The maximum Gasteiger partial charge on any atom is 0.129 e. The Labute approximate surface area is 148 Å². The summed E-state index contributed by atoms with van der Waals surface area (Å²) in [6, 6.07) is 4.21. The lowest BCUT2D eigenvalue weighted by atomic mass is 9.94. The van der Waals surface area contributed by atoms with Gasteiger partial charge in [-0.15, -0.1) is 0 Å². The van der Waals surface area contributed by atoms with E-state index in [1.807, 2.05) is 0 Å². The first-order chi connectivity index (χ1) is 11.1. The Hall–Kier alpha value is -0.650. The van der Waals surface area contributed by atoms with Crippen LogP contribution < -0.4 is 4.90 Å². The molecule has 0 amide bonds. The number of nitrogens with zero attached hydrogens (tertiary/aromatic N) is 3. The summed E-state index contributed by atoms with van der Waals surface area (Å²) in [5, 5.41) is 9.27. The van der Waals surface area contributed by atoms with Crippen molar-refractivity contribution in [3.63, 3.8) is 0 Å². The van der Waals surface area contributed by atoms with Gasteiger partial charge < -0.3 is 14.9 Å². The van der Waals surface area contributed by atoms with Crippen LogP contribution in [0.3, 0.4) is 0 Å². The summed E-state index contributed by atoms with van der Waals surface area (Å²) in [6.07, 6.45) is 4.88. The average molecular weight is 382 g/mol. The van der Waals surface area contributed by atoms with Crippen LogP contribution in [0.25, 0.3) is 0 Å². The van der Waals surface area contributed by atoms with E-state index >= 15 is 0 Å². The SMILES string of the molecule is Cc1cc(Br)cc(N2CCCC(CN3CCC(CO)CC3)C2)n1. The summed E-state index contributed by atoms with van der Waals surface area (Å²) in [7, 11) is 0. The summed E-state index contributed by atoms with van der Waals surface area (Å²) in [5.74, 6) is 2.37. The lowest BCUT2D eigenvalue weighted by molar-refractivity contribution is 0.116. The number of pyridine rings is 1. The van der Waals surface area contributed by atoms with Gasteiger partial charge >= 0.3 is 0 Å². The molecular formula is C18H28BrN3O.